The van der Waals surface area contributed by atoms with Gasteiger partial charge in [0.25, 0.3) is 5.91 Å². The highest BCUT2D eigenvalue weighted by atomic mass is 19.4. The van der Waals surface area contributed by atoms with Crippen LogP contribution >= 0.6 is 0 Å². The Kier molecular flexibility index (Phi) is 6.13. The van der Waals surface area contributed by atoms with Crippen LogP contribution in [0.25, 0.3) is 0 Å². The number of nitrogens with one attached hydrogen (secondary N) is 1. The standard InChI is InChI=1S/C19H21F3N2O2/c1-4-24(3)15-8-6-14(7-9-15)18(25)23-16-10-5-13(2)11-17(16)26-12-19(20,21)22/h5-11H,4,12H2,1-3H3,(H,23,25). The van der Waals surface area contributed by atoms with Crippen molar-refractivity contribution >= 4 is 17.3 Å². The van der Waals surface area contributed by atoms with Crippen LogP contribution in [0.2, 0.25) is 0 Å². The van der Waals surface area contributed by atoms with Gasteiger partial charge in [0.15, 0.2) is 6.61 Å². The first kappa shape index (κ1) is 19.6. The summed E-state index contributed by atoms with van der Waals surface area (Å²) in [4.78, 5) is 14.4. The van der Waals surface area contributed by atoms with Gasteiger partial charge in [-0.2, -0.15) is 13.2 Å². The molecule has 2 aromatic rings. The predicted octanol–water partition coefficient (Wildman–Crippen LogP) is 4.64. The van der Waals surface area contributed by atoms with Crippen LogP contribution in [0.4, 0.5) is 24.5 Å². The number of alkyl halides is 3. The molecule has 2 rings (SSSR count). The number of hydrogen-bond acceptors (Lipinski definition) is 3. The molecule has 0 aliphatic carbocycles. The first-order chi connectivity index (χ1) is 12.2. The zero-order valence-corrected chi connectivity index (χ0v) is 14.9. The van der Waals surface area contributed by atoms with Gasteiger partial charge in [-0.15, -0.1) is 0 Å². The molecule has 0 saturated carbocycles. The summed E-state index contributed by atoms with van der Waals surface area (Å²) in [7, 11) is 1.94. The van der Waals surface area contributed by atoms with E-state index in [9.17, 15) is 18.0 Å². The summed E-state index contributed by atoms with van der Waals surface area (Å²) in [6, 6.07) is 11.6. The van der Waals surface area contributed by atoms with Gasteiger partial charge in [0.2, 0.25) is 0 Å². The highest BCUT2D eigenvalue weighted by molar-refractivity contribution is 6.05. The fraction of sp³-hybridized carbons (Fsp3) is 0.316. The molecule has 0 atom stereocenters. The third-order valence-corrected chi connectivity index (χ3v) is 3.82. The van der Waals surface area contributed by atoms with Crippen molar-refractivity contribution in [1.82, 2.24) is 0 Å². The van der Waals surface area contributed by atoms with E-state index in [1.165, 1.54) is 12.1 Å². The molecule has 0 aliphatic rings. The smallest absolute Gasteiger partial charge is 0.422 e. The van der Waals surface area contributed by atoms with E-state index in [0.29, 0.717) is 5.56 Å². The minimum absolute atomic E-state index is 0.0157. The van der Waals surface area contributed by atoms with E-state index >= 15 is 0 Å². The van der Waals surface area contributed by atoms with Crippen molar-refractivity contribution < 1.29 is 22.7 Å². The van der Waals surface area contributed by atoms with Crippen molar-refractivity contribution in [2.75, 3.05) is 30.4 Å². The van der Waals surface area contributed by atoms with Crippen molar-refractivity contribution in [1.29, 1.82) is 0 Å². The molecule has 140 valence electrons. The highest BCUT2D eigenvalue weighted by Gasteiger charge is 2.29. The molecule has 1 N–H and O–H groups in total. The number of carbonyl (C=O) groups is 1. The number of halogens is 3. The number of aryl methyl sites for hydroxylation is 1. The van der Waals surface area contributed by atoms with Gasteiger partial charge in [0, 0.05) is 24.8 Å². The molecule has 0 bridgehead atoms. The lowest BCUT2D eigenvalue weighted by atomic mass is 10.1. The summed E-state index contributed by atoms with van der Waals surface area (Å²) in [5, 5.41) is 2.61. The lowest BCUT2D eigenvalue weighted by molar-refractivity contribution is -0.153. The minimum atomic E-state index is -4.45. The Bertz CT molecular complexity index is 758. The number of rotatable bonds is 6. The molecule has 2 aromatic carbocycles. The Morgan fingerprint density at radius 2 is 1.81 bits per heavy atom. The van der Waals surface area contributed by atoms with Crippen molar-refractivity contribution in [3.8, 4) is 5.75 Å². The second kappa shape index (κ2) is 8.12. The molecule has 1 amide bonds. The van der Waals surface area contributed by atoms with E-state index in [1.54, 1.807) is 25.1 Å². The zero-order chi connectivity index (χ0) is 19.3. The fourth-order valence-corrected chi connectivity index (χ4v) is 2.26. The molecule has 0 aliphatic heterocycles. The summed E-state index contributed by atoms with van der Waals surface area (Å²) >= 11 is 0. The highest BCUT2D eigenvalue weighted by Crippen LogP contribution is 2.28. The average molecular weight is 366 g/mol. The lowest BCUT2D eigenvalue weighted by Crippen LogP contribution is -2.20. The zero-order valence-electron chi connectivity index (χ0n) is 14.9. The number of carbonyl (C=O) groups excluding carboxylic acids is 1. The number of ether oxygens (including phenoxy) is 1. The second-order valence-corrected chi connectivity index (χ2v) is 5.92. The normalized spacial score (nSPS) is 11.2. The second-order valence-electron chi connectivity index (χ2n) is 5.92. The van der Waals surface area contributed by atoms with E-state index in [2.05, 4.69) is 5.32 Å². The summed E-state index contributed by atoms with van der Waals surface area (Å²) < 4.78 is 42.1. The molecule has 0 saturated heterocycles. The first-order valence-corrected chi connectivity index (χ1v) is 8.12. The van der Waals surface area contributed by atoms with E-state index in [4.69, 9.17) is 4.74 Å². The maximum Gasteiger partial charge on any atom is 0.422 e. The minimum Gasteiger partial charge on any atom is -0.482 e. The Hall–Kier alpha value is -2.70. The topological polar surface area (TPSA) is 41.6 Å². The summed E-state index contributed by atoms with van der Waals surface area (Å²) in [5.74, 6) is -0.436. The van der Waals surface area contributed by atoms with Gasteiger partial charge < -0.3 is 15.0 Å². The van der Waals surface area contributed by atoms with Gasteiger partial charge >= 0.3 is 6.18 Å². The van der Waals surface area contributed by atoms with E-state index < -0.39 is 18.7 Å². The first-order valence-electron chi connectivity index (χ1n) is 8.12. The maximum atomic E-state index is 12.4. The molecule has 0 aromatic heterocycles. The van der Waals surface area contributed by atoms with Crippen molar-refractivity contribution in [2.24, 2.45) is 0 Å². The van der Waals surface area contributed by atoms with Gasteiger partial charge in [-0.05, 0) is 55.8 Å². The predicted molar refractivity (Wildman–Crippen MR) is 96.1 cm³/mol. The van der Waals surface area contributed by atoms with E-state index in [1.807, 2.05) is 31.0 Å². The van der Waals surface area contributed by atoms with Crippen LogP contribution in [0, 0.1) is 6.92 Å². The number of benzene rings is 2. The van der Waals surface area contributed by atoms with Crippen LogP contribution in [0.15, 0.2) is 42.5 Å². The molecular formula is C19H21F3N2O2. The van der Waals surface area contributed by atoms with Crippen LogP contribution in [-0.2, 0) is 0 Å². The monoisotopic (exact) mass is 366 g/mol. The summed E-state index contributed by atoms with van der Waals surface area (Å²) in [6.07, 6.45) is -4.45. The quantitative estimate of drug-likeness (QED) is 0.809. The molecule has 26 heavy (non-hydrogen) atoms. The van der Waals surface area contributed by atoms with E-state index in [-0.39, 0.29) is 11.4 Å². The molecule has 7 heteroatoms. The average Bonchev–Trinajstić information content (AvgIpc) is 2.60. The Morgan fingerprint density at radius 3 is 2.38 bits per heavy atom. The Labute approximate surface area is 150 Å². The SMILES string of the molecule is CCN(C)c1ccc(C(=O)Nc2ccc(C)cc2OCC(F)(F)F)cc1. The number of amides is 1. The van der Waals surface area contributed by atoms with Gasteiger partial charge in [0.1, 0.15) is 5.75 Å². The molecule has 4 nitrogen and oxygen atoms in total. The Balaban J connectivity index is 2.15. The summed E-state index contributed by atoms with van der Waals surface area (Å²) in [6.45, 7) is 3.15. The molecule has 0 fully saturated rings. The largest absolute Gasteiger partial charge is 0.482 e. The summed E-state index contributed by atoms with van der Waals surface area (Å²) in [5.41, 5.74) is 2.29. The number of anilines is 2. The molecule has 0 unspecified atom stereocenters. The van der Waals surface area contributed by atoms with Gasteiger partial charge in [-0.25, -0.2) is 0 Å². The van der Waals surface area contributed by atoms with Gasteiger partial charge in [-0.1, -0.05) is 6.07 Å². The van der Waals surface area contributed by atoms with Gasteiger partial charge in [0.05, 0.1) is 5.69 Å². The van der Waals surface area contributed by atoms with Crippen LogP contribution in [0.5, 0.6) is 5.75 Å². The number of nitrogens with zero attached hydrogens (tertiary/aromatic N) is 1. The van der Waals surface area contributed by atoms with Crippen molar-refractivity contribution in [3.05, 3.63) is 53.6 Å². The van der Waals surface area contributed by atoms with Crippen molar-refractivity contribution in [2.45, 2.75) is 20.0 Å². The van der Waals surface area contributed by atoms with Gasteiger partial charge in [-0.3, -0.25) is 4.79 Å². The molecule has 0 spiro atoms. The Morgan fingerprint density at radius 1 is 1.15 bits per heavy atom. The third-order valence-electron chi connectivity index (χ3n) is 3.82. The lowest BCUT2D eigenvalue weighted by Gasteiger charge is -2.17. The molecular weight excluding hydrogens is 345 g/mol. The van der Waals surface area contributed by atoms with Crippen molar-refractivity contribution in [3.63, 3.8) is 0 Å². The van der Waals surface area contributed by atoms with E-state index in [0.717, 1.165) is 17.8 Å². The van der Waals surface area contributed by atoms with Crippen LogP contribution in [-0.4, -0.2) is 32.3 Å². The number of hydrogen-bond donors (Lipinski definition) is 1. The van der Waals surface area contributed by atoms with Crippen LogP contribution in [0.1, 0.15) is 22.8 Å². The maximum absolute atomic E-state index is 12.4. The van der Waals surface area contributed by atoms with Crippen LogP contribution in [0.3, 0.4) is 0 Å². The third kappa shape index (κ3) is 5.40. The fourth-order valence-electron chi connectivity index (χ4n) is 2.26. The van der Waals surface area contributed by atoms with Crippen LogP contribution < -0.4 is 15.0 Å². The molecule has 0 radical (unpaired) electrons. The molecule has 0 heterocycles.